The van der Waals surface area contributed by atoms with E-state index >= 15 is 0 Å². The van der Waals surface area contributed by atoms with E-state index in [0.717, 1.165) is 69.1 Å². The van der Waals surface area contributed by atoms with Crippen LogP contribution in [-0.2, 0) is 23.9 Å². The Bertz CT molecular complexity index is 1520. The summed E-state index contributed by atoms with van der Waals surface area (Å²) in [7, 11) is 0. The number of ether oxygens (including phenoxy) is 1. The summed E-state index contributed by atoms with van der Waals surface area (Å²) in [5.74, 6) is -0.166. The molecule has 5 aliphatic carbocycles. The van der Waals surface area contributed by atoms with Crippen LogP contribution in [0.25, 0.3) is 0 Å². The zero-order valence-electron chi connectivity index (χ0n) is 32.4. The molecule has 6 aliphatic rings. The Kier molecular flexibility index (Phi) is 9.75. The number of fused-ring (bicyclic) bond motifs is 7. The molecule has 0 radical (unpaired) electrons. The Labute approximate surface area is 309 Å². The van der Waals surface area contributed by atoms with Crippen LogP contribution in [0.3, 0.4) is 0 Å². The molecule has 284 valence electrons. The second-order valence-corrected chi connectivity index (χ2v) is 20.9. The lowest BCUT2D eigenvalue weighted by Crippen LogP contribution is -2.67. The van der Waals surface area contributed by atoms with Crippen molar-refractivity contribution >= 4 is 35.6 Å². The van der Waals surface area contributed by atoms with Gasteiger partial charge in [-0.25, -0.2) is 0 Å². The van der Waals surface area contributed by atoms with Crippen molar-refractivity contribution < 1.29 is 34.1 Å². The fourth-order valence-electron chi connectivity index (χ4n) is 13.5. The van der Waals surface area contributed by atoms with Crippen LogP contribution < -0.4 is 5.32 Å². The number of hydrogen-bond donors (Lipinski definition) is 3. The number of carbonyl (C=O) groups excluding carboxylic acids is 2. The first kappa shape index (κ1) is 38.4. The lowest BCUT2D eigenvalue weighted by Gasteiger charge is -2.72. The van der Waals surface area contributed by atoms with Crippen molar-refractivity contribution in [3.63, 3.8) is 0 Å². The fraction of sp³-hybridized carbons (Fsp3) is 0.810. The van der Waals surface area contributed by atoms with E-state index in [2.05, 4.69) is 53.4 Å². The normalized spacial score (nSPS) is 42.7. The minimum absolute atomic E-state index is 0.0742. The minimum Gasteiger partial charge on any atom is -0.481 e. The van der Waals surface area contributed by atoms with Crippen molar-refractivity contribution in [3.8, 4) is 0 Å². The van der Waals surface area contributed by atoms with Crippen molar-refractivity contribution in [3.05, 3.63) is 23.1 Å². The monoisotopic (exact) mass is 725 g/mol. The highest BCUT2D eigenvalue weighted by molar-refractivity contribution is 8.04. The van der Waals surface area contributed by atoms with Gasteiger partial charge in [-0.2, -0.15) is 0 Å². The Hall–Kier alpha value is -2.29. The van der Waals surface area contributed by atoms with Gasteiger partial charge in [0.05, 0.1) is 17.3 Å². The summed E-state index contributed by atoms with van der Waals surface area (Å²) in [5, 5.41) is 21.9. The highest BCUT2D eigenvalue weighted by Gasteiger charge is 2.72. The van der Waals surface area contributed by atoms with Gasteiger partial charge in [0.1, 0.15) is 11.4 Å². The van der Waals surface area contributed by atoms with Crippen LogP contribution in [0, 0.1) is 62.1 Å². The minimum atomic E-state index is -1.16. The van der Waals surface area contributed by atoms with Crippen molar-refractivity contribution in [2.75, 3.05) is 6.54 Å². The molecule has 1 heterocycles. The Morgan fingerprint density at radius 3 is 2.25 bits per heavy atom. The van der Waals surface area contributed by atoms with Crippen molar-refractivity contribution in [1.29, 1.82) is 0 Å². The van der Waals surface area contributed by atoms with Crippen LogP contribution in [-0.4, -0.2) is 51.9 Å². The molecule has 0 bridgehead atoms. The smallest absolute Gasteiger partial charge is 0.317 e. The van der Waals surface area contributed by atoms with Crippen molar-refractivity contribution in [2.45, 2.75) is 144 Å². The number of carbonyl (C=O) groups is 4. The molecule has 1 aliphatic heterocycles. The van der Waals surface area contributed by atoms with E-state index in [-0.39, 0.29) is 46.0 Å². The van der Waals surface area contributed by atoms with Crippen LogP contribution in [0.2, 0.25) is 0 Å². The zero-order chi connectivity index (χ0) is 37.5. The van der Waals surface area contributed by atoms with E-state index < -0.39 is 34.0 Å². The fourth-order valence-corrected chi connectivity index (χ4v) is 14.5. The summed E-state index contributed by atoms with van der Waals surface area (Å²) in [6.07, 6.45) is 12.1. The number of esters is 1. The number of aliphatic carboxylic acids is 2. The zero-order valence-corrected chi connectivity index (χ0v) is 33.2. The standard InChI is InChI=1S/C42H63NO7S/c1-24(2)26-14-19-42(35(47)43-23-25-10-12-28(51-25)34(45)46)21-20-40(8)27(33(26)42)11-13-30-39(7)17-16-31(50-32(44)22-37(3,4)36(48)49)38(5,6)29(39)15-18-41(30,40)9/h10,26-31,33H,1,11-23H2,2-9H3,(H,43,47)(H,45,46)(H,48,49)/t26?,27?,28?,29?,30?,31?,33?,39?,40-,41?,42+/m1/s1. The molecule has 6 rings (SSSR count). The summed E-state index contributed by atoms with van der Waals surface area (Å²) >= 11 is 1.37. The summed E-state index contributed by atoms with van der Waals surface area (Å²) < 4.78 is 6.16. The molecule has 0 aromatic rings. The van der Waals surface area contributed by atoms with Gasteiger partial charge in [0.2, 0.25) is 5.91 Å². The summed E-state index contributed by atoms with van der Waals surface area (Å²) in [6.45, 7) is 22.4. The van der Waals surface area contributed by atoms with Gasteiger partial charge in [0, 0.05) is 16.9 Å². The first-order valence-electron chi connectivity index (χ1n) is 19.6. The predicted molar refractivity (Wildman–Crippen MR) is 200 cm³/mol. The number of thioether (sulfide) groups is 1. The Morgan fingerprint density at radius 1 is 0.922 bits per heavy atom. The molecule has 0 saturated heterocycles. The molecule has 0 aromatic heterocycles. The second kappa shape index (κ2) is 12.9. The molecular weight excluding hydrogens is 663 g/mol. The predicted octanol–water partition coefficient (Wildman–Crippen LogP) is 8.65. The first-order valence-corrected chi connectivity index (χ1v) is 20.5. The highest BCUT2D eigenvalue weighted by Crippen LogP contribution is 2.77. The van der Waals surface area contributed by atoms with Gasteiger partial charge < -0.3 is 20.3 Å². The van der Waals surface area contributed by atoms with Crippen LogP contribution in [0.4, 0.5) is 0 Å². The third-order valence-electron chi connectivity index (χ3n) is 16.4. The summed E-state index contributed by atoms with van der Waals surface area (Å²) in [4.78, 5) is 51.7. The Morgan fingerprint density at radius 2 is 1.63 bits per heavy atom. The number of amides is 1. The van der Waals surface area contributed by atoms with E-state index in [0.29, 0.717) is 36.6 Å². The van der Waals surface area contributed by atoms with Gasteiger partial charge in [-0.15, -0.1) is 11.8 Å². The van der Waals surface area contributed by atoms with Gasteiger partial charge >= 0.3 is 17.9 Å². The van der Waals surface area contributed by atoms with Crippen LogP contribution >= 0.6 is 11.8 Å². The largest absolute Gasteiger partial charge is 0.481 e. The SMILES string of the molecule is C=C(C)C1CC[C@]2(C(=O)NCC3=CCC(C(=O)O)S3)CC[C@]3(C)C(CCC4C5(C)CCC(OC(=O)CC(C)(C)C(=O)O)C(C)(C)C5CCC43C)C12. The highest BCUT2D eigenvalue weighted by atomic mass is 32.2. The molecule has 0 aromatic carbocycles. The van der Waals surface area contributed by atoms with Crippen molar-refractivity contribution in [1.82, 2.24) is 5.32 Å². The number of carboxylic acids is 2. The molecule has 51 heavy (non-hydrogen) atoms. The average molecular weight is 726 g/mol. The van der Waals surface area contributed by atoms with Crippen LogP contribution in [0.5, 0.6) is 0 Å². The molecule has 1 amide bonds. The number of rotatable bonds is 9. The number of carboxylic acid groups (broad SMARTS) is 2. The van der Waals surface area contributed by atoms with E-state index in [4.69, 9.17) is 4.74 Å². The number of hydrogen-bond acceptors (Lipinski definition) is 6. The van der Waals surface area contributed by atoms with Gasteiger partial charge in [0.25, 0.3) is 0 Å². The molecule has 0 spiro atoms. The summed E-state index contributed by atoms with van der Waals surface area (Å²) in [6, 6.07) is 0. The molecule has 5 fully saturated rings. The summed E-state index contributed by atoms with van der Waals surface area (Å²) in [5.41, 5.74) is -0.357. The lowest BCUT2D eigenvalue weighted by atomic mass is 9.32. The van der Waals surface area contributed by atoms with Gasteiger partial charge in [-0.1, -0.05) is 52.8 Å². The van der Waals surface area contributed by atoms with Crippen molar-refractivity contribution in [2.24, 2.45) is 62.1 Å². The molecule has 8 nitrogen and oxygen atoms in total. The lowest BCUT2D eigenvalue weighted by molar-refractivity contribution is -0.249. The van der Waals surface area contributed by atoms with Crippen LogP contribution in [0.1, 0.15) is 132 Å². The molecule has 9 heteroatoms. The Balaban J connectivity index is 1.23. The molecule has 5 saturated carbocycles. The second-order valence-electron chi connectivity index (χ2n) is 19.6. The quantitative estimate of drug-likeness (QED) is 0.159. The third kappa shape index (κ3) is 5.92. The maximum absolute atomic E-state index is 14.5. The molecule has 11 atom stereocenters. The maximum Gasteiger partial charge on any atom is 0.317 e. The maximum atomic E-state index is 14.5. The number of nitrogens with one attached hydrogen (secondary N) is 1. The molecule has 9 unspecified atom stereocenters. The van der Waals surface area contributed by atoms with Crippen LogP contribution in [0.15, 0.2) is 23.1 Å². The molecular formula is C42H63NO7S. The average Bonchev–Trinajstić information content (AvgIpc) is 3.68. The van der Waals surface area contributed by atoms with E-state index in [1.807, 2.05) is 6.08 Å². The van der Waals surface area contributed by atoms with Gasteiger partial charge in [0.15, 0.2) is 0 Å². The number of allylic oxidation sites excluding steroid dienone is 2. The van der Waals surface area contributed by atoms with E-state index in [1.165, 1.54) is 17.3 Å². The third-order valence-corrected chi connectivity index (χ3v) is 17.7. The van der Waals surface area contributed by atoms with Gasteiger partial charge in [-0.3, -0.25) is 19.2 Å². The van der Waals surface area contributed by atoms with E-state index in [1.54, 1.807) is 13.8 Å². The first-order chi connectivity index (χ1) is 23.6. The molecule has 3 N–H and O–H groups in total. The topological polar surface area (TPSA) is 130 Å². The van der Waals surface area contributed by atoms with Gasteiger partial charge in [-0.05, 0) is 137 Å². The van der Waals surface area contributed by atoms with E-state index in [9.17, 15) is 29.4 Å².